The molecule has 1 unspecified atom stereocenters. The fraction of sp³-hybridized carbons (Fsp3) is 0.667. The molecule has 0 spiro atoms. The van der Waals surface area contributed by atoms with E-state index in [2.05, 4.69) is 15.3 Å². The van der Waals surface area contributed by atoms with Gasteiger partial charge in [-0.15, -0.1) is 0 Å². The van der Waals surface area contributed by atoms with E-state index in [4.69, 9.17) is 4.74 Å². The molecule has 0 amide bonds. The van der Waals surface area contributed by atoms with E-state index in [-0.39, 0.29) is 5.69 Å². The number of nitro groups is 1. The molecule has 1 aromatic rings. The van der Waals surface area contributed by atoms with E-state index in [1.54, 1.807) is 7.11 Å². The zero-order valence-corrected chi connectivity index (χ0v) is 11.5. The van der Waals surface area contributed by atoms with Crippen molar-refractivity contribution in [1.82, 2.24) is 15.3 Å². The third kappa shape index (κ3) is 3.84. The Kier molecular flexibility index (Phi) is 5.19. The van der Waals surface area contributed by atoms with Crippen LogP contribution in [0.2, 0.25) is 0 Å². The van der Waals surface area contributed by atoms with Gasteiger partial charge in [0.1, 0.15) is 12.4 Å². The molecule has 0 aliphatic carbocycles. The van der Waals surface area contributed by atoms with Crippen LogP contribution >= 0.6 is 0 Å². The van der Waals surface area contributed by atoms with E-state index < -0.39 is 4.92 Å². The van der Waals surface area contributed by atoms with Gasteiger partial charge in [0.15, 0.2) is 0 Å². The van der Waals surface area contributed by atoms with Crippen LogP contribution in [-0.4, -0.2) is 54.3 Å². The predicted octanol–water partition coefficient (Wildman–Crippen LogP) is 0.590. The summed E-state index contributed by atoms with van der Waals surface area (Å²) in [4.78, 5) is 20.3. The highest BCUT2D eigenvalue weighted by Gasteiger charge is 2.20. The lowest BCUT2D eigenvalue weighted by Crippen LogP contribution is -2.40. The lowest BCUT2D eigenvalue weighted by molar-refractivity contribution is -0.385. The number of anilines is 1. The molecule has 8 heteroatoms. The van der Waals surface area contributed by atoms with Gasteiger partial charge in [0.25, 0.3) is 0 Å². The van der Waals surface area contributed by atoms with Crippen molar-refractivity contribution in [3.8, 4) is 0 Å². The van der Waals surface area contributed by atoms with Crippen molar-refractivity contribution in [2.75, 3.05) is 38.3 Å². The maximum Gasteiger partial charge on any atom is 0.305 e. The van der Waals surface area contributed by atoms with E-state index in [1.165, 1.54) is 18.8 Å². The molecule has 20 heavy (non-hydrogen) atoms. The highest BCUT2D eigenvalue weighted by molar-refractivity contribution is 5.34. The Balaban J connectivity index is 2.05. The molecule has 1 aromatic heterocycles. The minimum absolute atomic E-state index is 0.0977. The Morgan fingerprint density at radius 2 is 2.30 bits per heavy atom. The fourth-order valence-corrected chi connectivity index (χ4v) is 2.22. The highest BCUT2D eigenvalue weighted by Crippen LogP contribution is 2.14. The molecule has 1 N–H and O–H groups in total. The molecule has 8 nitrogen and oxygen atoms in total. The van der Waals surface area contributed by atoms with Crippen LogP contribution in [0, 0.1) is 10.1 Å². The molecule has 1 atom stereocenters. The number of aromatic nitrogens is 2. The smallest absolute Gasteiger partial charge is 0.305 e. The van der Waals surface area contributed by atoms with Crippen molar-refractivity contribution in [3.05, 3.63) is 22.5 Å². The van der Waals surface area contributed by atoms with E-state index in [9.17, 15) is 10.1 Å². The van der Waals surface area contributed by atoms with Gasteiger partial charge in [-0.3, -0.25) is 10.1 Å². The highest BCUT2D eigenvalue weighted by atomic mass is 16.6. The first-order valence-electron chi connectivity index (χ1n) is 6.64. The Hall–Kier alpha value is -1.80. The van der Waals surface area contributed by atoms with E-state index >= 15 is 0 Å². The van der Waals surface area contributed by atoms with Crippen molar-refractivity contribution in [1.29, 1.82) is 0 Å². The van der Waals surface area contributed by atoms with Gasteiger partial charge in [-0.1, -0.05) is 0 Å². The summed E-state index contributed by atoms with van der Waals surface area (Å²) in [6.45, 7) is 3.03. The van der Waals surface area contributed by atoms with Gasteiger partial charge in [0.05, 0.1) is 11.5 Å². The van der Waals surface area contributed by atoms with Gasteiger partial charge in [0, 0.05) is 26.2 Å². The molecule has 2 heterocycles. The number of nitrogens with one attached hydrogen (secondary N) is 1. The monoisotopic (exact) mass is 281 g/mol. The SMILES string of the molecule is COCCN(CC1CCCN1)c1ncc([N+](=O)[O-])cn1. The number of hydrogen-bond acceptors (Lipinski definition) is 7. The molecule has 0 aromatic carbocycles. The fourth-order valence-electron chi connectivity index (χ4n) is 2.22. The molecule has 1 aliphatic rings. The van der Waals surface area contributed by atoms with E-state index in [0.717, 1.165) is 19.5 Å². The first-order valence-corrected chi connectivity index (χ1v) is 6.64. The van der Waals surface area contributed by atoms with Crippen LogP contribution in [0.25, 0.3) is 0 Å². The molecule has 0 radical (unpaired) electrons. The lowest BCUT2D eigenvalue weighted by atomic mass is 10.2. The average molecular weight is 281 g/mol. The van der Waals surface area contributed by atoms with Crippen LogP contribution < -0.4 is 10.2 Å². The quantitative estimate of drug-likeness (QED) is 0.577. The molecule has 0 saturated carbocycles. The van der Waals surface area contributed by atoms with Crippen LogP contribution in [0.4, 0.5) is 11.6 Å². The normalized spacial score (nSPS) is 18.1. The molecule has 0 bridgehead atoms. The molecular formula is C12H19N5O3. The third-order valence-electron chi connectivity index (χ3n) is 3.29. The molecule has 2 rings (SSSR count). The second-order valence-electron chi connectivity index (χ2n) is 4.73. The van der Waals surface area contributed by atoms with Crippen LogP contribution in [0.3, 0.4) is 0 Å². The topological polar surface area (TPSA) is 93.4 Å². The van der Waals surface area contributed by atoms with Gasteiger partial charge < -0.3 is 15.0 Å². The maximum absolute atomic E-state index is 10.6. The Labute approximate surface area is 117 Å². The minimum Gasteiger partial charge on any atom is -0.383 e. The standard InChI is InChI=1S/C12H19N5O3/c1-20-6-5-16(9-10-3-2-4-13-10)12-14-7-11(8-15-12)17(18)19/h7-8,10,13H,2-6,9H2,1H3. The zero-order chi connectivity index (χ0) is 14.4. The van der Waals surface area contributed by atoms with Crippen molar-refractivity contribution < 1.29 is 9.66 Å². The molecule has 110 valence electrons. The van der Waals surface area contributed by atoms with E-state index in [1.807, 2.05) is 4.90 Å². The summed E-state index contributed by atoms with van der Waals surface area (Å²) in [5.74, 6) is 0.501. The first kappa shape index (κ1) is 14.6. The number of nitrogens with zero attached hydrogens (tertiary/aromatic N) is 4. The summed E-state index contributed by atoms with van der Waals surface area (Å²) in [6, 6.07) is 0.408. The average Bonchev–Trinajstić information content (AvgIpc) is 2.96. The summed E-state index contributed by atoms with van der Waals surface area (Å²) < 4.78 is 5.09. The number of ether oxygens (including phenoxy) is 1. The van der Waals surface area contributed by atoms with Gasteiger partial charge in [0.2, 0.25) is 5.95 Å². The summed E-state index contributed by atoms with van der Waals surface area (Å²) in [6.07, 6.45) is 4.77. The summed E-state index contributed by atoms with van der Waals surface area (Å²) in [5.41, 5.74) is -0.0977. The molecule has 1 aliphatic heterocycles. The molecule has 1 saturated heterocycles. The summed E-state index contributed by atoms with van der Waals surface area (Å²) >= 11 is 0. The van der Waals surface area contributed by atoms with Crippen molar-refractivity contribution >= 4 is 11.6 Å². The first-order chi connectivity index (χ1) is 9.70. The lowest BCUT2D eigenvalue weighted by Gasteiger charge is -2.25. The number of hydrogen-bond donors (Lipinski definition) is 1. The molecule has 1 fully saturated rings. The second kappa shape index (κ2) is 7.11. The summed E-state index contributed by atoms with van der Waals surface area (Å²) in [7, 11) is 1.64. The second-order valence-corrected chi connectivity index (χ2v) is 4.73. The van der Waals surface area contributed by atoms with Crippen LogP contribution in [0.5, 0.6) is 0 Å². The predicted molar refractivity (Wildman–Crippen MR) is 73.8 cm³/mol. The van der Waals surface area contributed by atoms with Gasteiger partial charge >= 0.3 is 5.69 Å². The van der Waals surface area contributed by atoms with Crippen LogP contribution in [0.1, 0.15) is 12.8 Å². The van der Waals surface area contributed by atoms with E-state index in [0.29, 0.717) is 25.1 Å². The van der Waals surface area contributed by atoms with Crippen molar-refractivity contribution in [2.24, 2.45) is 0 Å². The van der Waals surface area contributed by atoms with Gasteiger partial charge in [-0.05, 0) is 19.4 Å². The van der Waals surface area contributed by atoms with Gasteiger partial charge in [-0.2, -0.15) is 0 Å². The maximum atomic E-state index is 10.6. The molecular weight excluding hydrogens is 262 g/mol. The Morgan fingerprint density at radius 1 is 1.55 bits per heavy atom. The Bertz CT molecular complexity index is 433. The van der Waals surface area contributed by atoms with Crippen molar-refractivity contribution in [3.63, 3.8) is 0 Å². The van der Waals surface area contributed by atoms with Crippen LogP contribution in [0.15, 0.2) is 12.4 Å². The van der Waals surface area contributed by atoms with Gasteiger partial charge in [-0.25, -0.2) is 9.97 Å². The summed E-state index contributed by atoms with van der Waals surface area (Å²) in [5, 5.41) is 14.0. The largest absolute Gasteiger partial charge is 0.383 e. The number of rotatable bonds is 7. The Morgan fingerprint density at radius 3 is 2.85 bits per heavy atom. The third-order valence-corrected chi connectivity index (χ3v) is 3.29. The minimum atomic E-state index is -0.498. The number of methoxy groups -OCH3 is 1. The van der Waals surface area contributed by atoms with Crippen molar-refractivity contribution in [2.45, 2.75) is 18.9 Å². The zero-order valence-electron chi connectivity index (χ0n) is 11.5. The van der Waals surface area contributed by atoms with Crippen LogP contribution in [-0.2, 0) is 4.74 Å².